The van der Waals surface area contributed by atoms with Gasteiger partial charge in [0.05, 0.1) is 0 Å². The Morgan fingerprint density at radius 2 is 2.13 bits per heavy atom. The first kappa shape index (κ1) is 10.7. The average molecular weight is 207 g/mol. The molecule has 0 radical (unpaired) electrons. The number of rotatable bonds is 4. The lowest BCUT2D eigenvalue weighted by Crippen LogP contribution is -2.43. The zero-order valence-electron chi connectivity index (χ0n) is 9.58. The van der Waals surface area contributed by atoms with E-state index < -0.39 is 0 Å². The van der Waals surface area contributed by atoms with Gasteiger partial charge in [-0.05, 0) is 31.0 Å². The molecular formula is C12H21N3. The first-order valence-corrected chi connectivity index (χ1v) is 5.88. The highest BCUT2D eigenvalue weighted by atomic mass is 15.2. The Kier molecular flexibility index (Phi) is 3.80. The van der Waals surface area contributed by atoms with Gasteiger partial charge in [-0.1, -0.05) is 0 Å². The Bertz CT molecular complexity index is 287. The number of hydrogen-bond acceptors (Lipinski definition) is 2. The third-order valence-corrected chi connectivity index (χ3v) is 3.04. The molecular weight excluding hydrogens is 186 g/mol. The van der Waals surface area contributed by atoms with Crippen LogP contribution in [0, 0.1) is 0 Å². The molecule has 1 aromatic heterocycles. The van der Waals surface area contributed by atoms with Crippen molar-refractivity contribution in [1.29, 1.82) is 0 Å². The molecule has 3 nitrogen and oxygen atoms in total. The standard InChI is InChI=1S/C12H21N3/c1-14-8-4-12(11-14)3-2-7-15-9-5-13-6-10-15/h4,8,11,13H,2-3,5-7,9-10H2,1H3. The van der Waals surface area contributed by atoms with Crippen molar-refractivity contribution in [3.8, 4) is 0 Å². The SMILES string of the molecule is Cn1ccc(CCCN2CCNCC2)c1. The summed E-state index contributed by atoms with van der Waals surface area (Å²) in [6, 6.07) is 2.22. The van der Waals surface area contributed by atoms with Gasteiger partial charge in [-0.3, -0.25) is 0 Å². The summed E-state index contributed by atoms with van der Waals surface area (Å²) in [6.45, 7) is 6.00. The van der Waals surface area contributed by atoms with Crippen molar-refractivity contribution in [3.63, 3.8) is 0 Å². The fourth-order valence-electron chi connectivity index (χ4n) is 2.15. The van der Waals surface area contributed by atoms with Gasteiger partial charge in [-0.25, -0.2) is 0 Å². The van der Waals surface area contributed by atoms with E-state index in [1.807, 2.05) is 0 Å². The van der Waals surface area contributed by atoms with E-state index in [0.29, 0.717) is 0 Å². The number of nitrogens with one attached hydrogen (secondary N) is 1. The van der Waals surface area contributed by atoms with Crippen LogP contribution in [0.15, 0.2) is 18.5 Å². The van der Waals surface area contributed by atoms with Crippen molar-refractivity contribution < 1.29 is 0 Å². The smallest absolute Gasteiger partial charge is 0.0107 e. The predicted octanol–water partition coefficient (Wildman–Crippen LogP) is 0.863. The maximum absolute atomic E-state index is 3.38. The molecule has 1 N–H and O–H groups in total. The predicted molar refractivity (Wildman–Crippen MR) is 63.0 cm³/mol. The summed E-state index contributed by atoms with van der Waals surface area (Å²) in [4.78, 5) is 2.56. The molecule has 0 saturated carbocycles. The van der Waals surface area contributed by atoms with Gasteiger partial charge in [-0.15, -0.1) is 0 Å². The summed E-state index contributed by atoms with van der Waals surface area (Å²) in [6.07, 6.45) is 6.84. The fourth-order valence-corrected chi connectivity index (χ4v) is 2.15. The zero-order chi connectivity index (χ0) is 10.5. The Hall–Kier alpha value is -0.800. The molecule has 1 saturated heterocycles. The lowest BCUT2D eigenvalue weighted by molar-refractivity contribution is 0.238. The van der Waals surface area contributed by atoms with Crippen molar-refractivity contribution in [3.05, 3.63) is 24.0 Å². The molecule has 0 spiro atoms. The molecule has 3 heteroatoms. The molecule has 2 rings (SSSR count). The maximum Gasteiger partial charge on any atom is 0.0107 e. The van der Waals surface area contributed by atoms with Gasteiger partial charge in [0.15, 0.2) is 0 Å². The Labute approximate surface area is 92.1 Å². The van der Waals surface area contributed by atoms with Crippen LogP contribution in [0.25, 0.3) is 0 Å². The van der Waals surface area contributed by atoms with Gasteiger partial charge in [-0.2, -0.15) is 0 Å². The molecule has 0 aliphatic carbocycles. The second-order valence-electron chi connectivity index (χ2n) is 4.38. The molecule has 0 amide bonds. The van der Waals surface area contributed by atoms with Crippen LogP contribution in [0.3, 0.4) is 0 Å². The van der Waals surface area contributed by atoms with E-state index in [1.165, 1.54) is 38.0 Å². The van der Waals surface area contributed by atoms with Crippen LogP contribution < -0.4 is 5.32 Å². The Morgan fingerprint density at radius 3 is 2.80 bits per heavy atom. The molecule has 1 aliphatic heterocycles. The number of nitrogens with zero attached hydrogens (tertiary/aromatic N) is 2. The quantitative estimate of drug-likeness (QED) is 0.790. The fraction of sp³-hybridized carbons (Fsp3) is 0.667. The largest absolute Gasteiger partial charge is 0.357 e. The molecule has 1 aromatic rings. The molecule has 0 bridgehead atoms. The van der Waals surface area contributed by atoms with Crippen molar-refractivity contribution in [2.45, 2.75) is 12.8 Å². The van der Waals surface area contributed by atoms with Gasteiger partial charge in [0, 0.05) is 45.6 Å². The lowest BCUT2D eigenvalue weighted by atomic mass is 10.2. The average Bonchev–Trinajstić information content (AvgIpc) is 2.66. The highest BCUT2D eigenvalue weighted by molar-refractivity contribution is 5.09. The Balaban J connectivity index is 1.65. The summed E-state index contributed by atoms with van der Waals surface area (Å²) >= 11 is 0. The molecule has 15 heavy (non-hydrogen) atoms. The number of hydrogen-bond donors (Lipinski definition) is 1. The summed E-state index contributed by atoms with van der Waals surface area (Å²) in [5, 5.41) is 3.38. The molecule has 1 aliphatic rings. The van der Waals surface area contributed by atoms with Crippen LogP contribution in [-0.4, -0.2) is 42.2 Å². The second kappa shape index (κ2) is 5.33. The molecule has 0 atom stereocenters. The zero-order valence-corrected chi connectivity index (χ0v) is 9.58. The van der Waals surface area contributed by atoms with Gasteiger partial charge >= 0.3 is 0 Å². The first-order valence-electron chi connectivity index (χ1n) is 5.88. The molecule has 2 heterocycles. The normalized spacial score (nSPS) is 18.2. The van der Waals surface area contributed by atoms with Crippen LogP contribution in [-0.2, 0) is 13.5 Å². The third kappa shape index (κ3) is 3.36. The third-order valence-electron chi connectivity index (χ3n) is 3.04. The lowest BCUT2D eigenvalue weighted by Gasteiger charge is -2.26. The summed E-state index contributed by atoms with van der Waals surface area (Å²) in [5.41, 5.74) is 1.47. The minimum atomic E-state index is 1.16. The number of piperazine rings is 1. The van der Waals surface area contributed by atoms with Crippen LogP contribution in [0.5, 0.6) is 0 Å². The summed E-state index contributed by atoms with van der Waals surface area (Å²) in [5.74, 6) is 0. The van der Waals surface area contributed by atoms with E-state index >= 15 is 0 Å². The summed E-state index contributed by atoms with van der Waals surface area (Å²) < 4.78 is 2.13. The number of aromatic nitrogens is 1. The molecule has 1 fully saturated rings. The van der Waals surface area contributed by atoms with Crippen molar-refractivity contribution >= 4 is 0 Å². The van der Waals surface area contributed by atoms with Crippen LogP contribution >= 0.6 is 0 Å². The van der Waals surface area contributed by atoms with E-state index in [1.54, 1.807) is 0 Å². The van der Waals surface area contributed by atoms with Crippen LogP contribution in [0.4, 0.5) is 0 Å². The highest BCUT2D eigenvalue weighted by Crippen LogP contribution is 2.04. The minimum Gasteiger partial charge on any atom is -0.357 e. The van der Waals surface area contributed by atoms with Gasteiger partial charge in [0.1, 0.15) is 0 Å². The minimum absolute atomic E-state index is 1.16. The van der Waals surface area contributed by atoms with E-state index in [4.69, 9.17) is 0 Å². The second-order valence-corrected chi connectivity index (χ2v) is 4.38. The van der Waals surface area contributed by atoms with E-state index in [0.717, 1.165) is 13.1 Å². The first-order chi connectivity index (χ1) is 7.34. The van der Waals surface area contributed by atoms with Crippen LogP contribution in [0.1, 0.15) is 12.0 Å². The highest BCUT2D eigenvalue weighted by Gasteiger charge is 2.08. The van der Waals surface area contributed by atoms with E-state index in [9.17, 15) is 0 Å². The van der Waals surface area contributed by atoms with E-state index in [-0.39, 0.29) is 0 Å². The van der Waals surface area contributed by atoms with Crippen molar-refractivity contribution in [1.82, 2.24) is 14.8 Å². The Morgan fingerprint density at radius 1 is 1.33 bits per heavy atom. The number of aryl methyl sites for hydroxylation is 2. The van der Waals surface area contributed by atoms with Gasteiger partial charge in [0.25, 0.3) is 0 Å². The maximum atomic E-state index is 3.38. The van der Waals surface area contributed by atoms with Crippen molar-refractivity contribution in [2.75, 3.05) is 32.7 Å². The van der Waals surface area contributed by atoms with Crippen molar-refractivity contribution in [2.24, 2.45) is 7.05 Å². The monoisotopic (exact) mass is 207 g/mol. The van der Waals surface area contributed by atoms with Gasteiger partial charge < -0.3 is 14.8 Å². The van der Waals surface area contributed by atoms with Crippen LogP contribution in [0.2, 0.25) is 0 Å². The van der Waals surface area contributed by atoms with Gasteiger partial charge in [0.2, 0.25) is 0 Å². The topological polar surface area (TPSA) is 20.2 Å². The van der Waals surface area contributed by atoms with E-state index in [2.05, 4.69) is 40.3 Å². The molecule has 0 unspecified atom stereocenters. The summed E-state index contributed by atoms with van der Waals surface area (Å²) in [7, 11) is 2.08. The molecule has 84 valence electrons. The molecule has 0 aromatic carbocycles.